The minimum atomic E-state index is -5.11. The van der Waals surface area contributed by atoms with Gasteiger partial charge in [-0.05, 0) is 38.5 Å². The van der Waals surface area contributed by atoms with Gasteiger partial charge in [-0.25, -0.2) is 4.57 Å². The van der Waals surface area contributed by atoms with Crippen molar-refractivity contribution in [2.75, 3.05) is 6.61 Å². The molecule has 0 heterocycles. The molecule has 1 aliphatic carbocycles. The van der Waals surface area contributed by atoms with Crippen LogP contribution in [-0.4, -0.2) is 108 Å². The van der Waals surface area contributed by atoms with Crippen molar-refractivity contribution >= 4 is 13.7 Å². The van der Waals surface area contributed by atoms with Gasteiger partial charge in [-0.15, -0.1) is 0 Å². The fourth-order valence-electron chi connectivity index (χ4n) is 7.01. The van der Waals surface area contributed by atoms with Crippen LogP contribution >= 0.6 is 7.82 Å². The Labute approximate surface area is 331 Å². The zero-order valence-electron chi connectivity index (χ0n) is 34.1. The molecule has 8 atom stereocenters. The Hall–Kier alpha value is -0.960. The van der Waals surface area contributed by atoms with Gasteiger partial charge in [0.2, 0.25) is 5.91 Å². The third-order valence-corrected chi connectivity index (χ3v) is 11.6. The maximum Gasteiger partial charge on any atom is 0.472 e. The zero-order valence-corrected chi connectivity index (χ0v) is 35.0. The number of carbonyl (C=O) groups is 1. The van der Waals surface area contributed by atoms with Gasteiger partial charge in [0.1, 0.15) is 36.6 Å². The van der Waals surface area contributed by atoms with Gasteiger partial charge in [-0.3, -0.25) is 13.8 Å². The SMILES string of the molecule is CCCCCCCC/C=C\CCCC(O)CC(=O)NC(COP(=O)(O)OC1C(O)C(O)C(O)C(O)C1O)C(O)CCCCCCCCCCCCCCCC. The molecule has 0 aromatic rings. The number of amides is 1. The zero-order chi connectivity index (χ0) is 40.9. The standard InChI is InChI=1S/C41H80NO12P/c1-3-5-7-9-11-13-15-16-17-19-21-23-25-27-29-34(44)33(31-53-55(51,52)54-41-39(49)37(47)36(46)38(48)40(41)50)42-35(45)30-32(43)28-26-24-22-20-18-14-12-10-8-6-4-2/h20,22,32-34,36-41,43-44,46-50H,3-19,21,23-31H2,1-2H3,(H,42,45)(H,51,52)/b22-20-. The van der Waals surface area contributed by atoms with E-state index in [1.165, 1.54) is 89.9 Å². The smallest absolute Gasteiger partial charge is 0.393 e. The Morgan fingerprint density at radius 1 is 0.618 bits per heavy atom. The van der Waals surface area contributed by atoms with E-state index in [4.69, 9.17) is 9.05 Å². The van der Waals surface area contributed by atoms with Gasteiger partial charge < -0.3 is 46.0 Å². The van der Waals surface area contributed by atoms with Crippen molar-refractivity contribution < 1.29 is 59.0 Å². The van der Waals surface area contributed by atoms with Gasteiger partial charge >= 0.3 is 7.82 Å². The largest absolute Gasteiger partial charge is 0.472 e. The quantitative estimate of drug-likeness (QED) is 0.0197. The van der Waals surface area contributed by atoms with Crippen molar-refractivity contribution in [2.45, 2.75) is 236 Å². The molecule has 0 aromatic carbocycles. The third-order valence-electron chi connectivity index (χ3n) is 10.6. The second-order valence-corrected chi connectivity index (χ2v) is 17.1. The summed E-state index contributed by atoms with van der Waals surface area (Å²) >= 11 is 0. The fourth-order valence-corrected chi connectivity index (χ4v) is 7.98. The molecule has 0 radical (unpaired) electrons. The summed E-state index contributed by atoms with van der Waals surface area (Å²) in [4.78, 5) is 23.4. The average molecular weight is 810 g/mol. The molecule has 1 fully saturated rings. The predicted octanol–water partition coefficient (Wildman–Crippen LogP) is 6.25. The second-order valence-electron chi connectivity index (χ2n) is 15.7. The van der Waals surface area contributed by atoms with Crippen LogP contribution in [0.3, 0.4) is 0 Å². The molecule has 8 unspecified atom stereocenters. The lowest BCUT2D eigenvalue weighted by molar-refractivity contribution is -0.220. The van der Waals surface area contributed by atoms with Crippen LogP contribution in [0.1, 0.15) is 181 Å². The Bertz CT molecular complexity index is 1010. The molecule has 55 heavy (non-hydrogen) atoms. The first kappa shape index (κ1) is 52.1. The lowest BCUT2D eigenvalue weighted by Gasteiger charge is -2.41. The average Bonchev–Trinajstić information content (AvgIpc) is 3.15. The highest BCUT2D eigenvalue weighted by atomic mass is 31.2. The summed E-state index contributed by atoms with van der Waals surface area (Å²) < 4.78 is 22.8. The molecule has 13 nitrogen and oxygen atoms in total. The van der Waals surface area contributed by atoms with Crippen LogP contribution in [0.25, 0.3) is 0 Å². The summed E-state index contributed by atoms with van der Waals surface area (Å²) in [7, 11) is -5.11. The first-order valence-corrected chi connectivity index (χ1v) is 23.2. The molecule has 14 heteroatoms. The number of phosphoric ester groups is 1. The summed E-state index contributed by atoms with van der Waals surface area (Å²) in [6.07, 6.45) is 17.0. The van der Waals surface area contributed by atoms with E-state index in [1.54, 1.807) is 0 Å². The van der Waals surface area contributed by atoms with E-state index in [9.17, 15) is 50.0 Å². The number of aliphatic hydroxyl groups is 7. The first-order valence-electron chi connectivity index (χ1n) is 21.7. The fraction of sp³-hybridized carbons (Fsp3) is 0.927. The Morgan fingerprint density at radius 3 is 1.53 bits per heavy atom. The molecule has 326 valence electrons. The van der Waals surface area contributed by atoms with Crippen LogP contribution in [0, 0.1) is 0 Å². The molecular formula is C41H80NO12P. The summed E-state index contributed by atoms with van der Waals surface area (Å²) in [5.74, 6) is -0.577. The van der Waals surface area contributed by atoms with E-state index in [0.29, 0.717) is 19.3 Å². The van der Waals surface area contributed by atoms with Crippen LogP contribution in [-0.2, 0) is 18.4 Å². The van der Waals surface area contributed by atoms with Crippen LogP contribution in [0.2, 0.25) is 0 Å². The summed E-state index contributed by atoms with van der Waals surface area (Å²) in [6.45, 7) is 3.74. The molecule has 9 N–H and O–H groups in total. The Kier molecular flexibility index (Phi) is 30.3. The van der Waals surface area contributed by atoms with Crippen LogP contribution in [0.4, 0.5) is 0 Å². The number of unbranched alkanes of at least 4 members (excludes halogenated alkanes) is 20. The van der Waals surface area contributed by atoms with Gasteiger partial charge in [0.25, 0.3) is 0 Å². The van der Waals surface area contributed by atoms with E-state index < -0.39 is 75.2 Å². The Morgan fingerprint density at radius 2 is 1.04 bits per heavy atom. The van der Waals surface area contributed by atoms with Gasteiger partial charge in [-0.1, -0.05) is 148 Å². The van der Waals surface area contributed by atoms with Gasteiger partial charge in [-0.2, -0.15) is 0 Å². The number of allylic oxidation sites excluding steroid dienone is 2. The van der Waals surface area contributed by atoms with Crippen molar-refractivity contribution in [3.8, 4) is 0 Å². The minimum Gasteiger partial charge on any atom is -0.393 e. The highest BCUT2D eigenvalue weighted by Crippen LogP contribution is 2.47. The highest BCUT2D eigenvalue weighted by Gasteiger charge is 2.51. The predicted molar refractivity (Wildman–Crippen MR) is 215 cm³/mol. The number of rotatable bonds is 35. The number of hydrogen-bond donors (Lipinski definition) is 9. The molecule has 0 aromatic heterocycles. The highest BCUT2D eigenvalue weighted by molar-refractivity contribution is 7.47. The number of phosphoric acid groups is 1. The molecular weight excluding hydrogens is 729 g/mol. The van der Waals surface area contributed by atoms with Crippen molar-refractivity contribution in [2.24, 2.45) is 0 Å². The molecule has 1 amide bonds. The van der Waals surface area contributed by atoms with E-state index in [-0.39, 0.29) is 12.8 Å². The maximum absolute atomic E-state index is 12.9. The van der Waals surface area contributed by atoms with Crippen molar-refractivity contribution in [1.29, 1.82) is 0 Å². The van der Waals surface area contributed by atoms with Crippen LogP contribution < -0.4 is 5.32 Å². The first-order chi connectivity index (χ1) is 26.3. The molecule has 0 spiro atoms. The third kappa shape index (κ3) is 24.5. The number of hydrogen-bond acceptors (Lipinski definition) is 11. The van der Waals surface area contributed by atoms with Crippen LogP contribution in [0.15, 0.2) is 12.2 Å². The minimum absolute atomic E-state index is 0.241. The number of nitrogens with one attached hydrogen (secondary N) is 1. The van der Waals surface area contributed by atoms with E-state index >= 15 is 0 Å². The topological polar surface area (TPSA) is 226 Å². The second kappa shape index (κ2) is 32.0. The maximum atomic E-state index is 12.9. The Balaban J connectivity index is 2.59. The molecule has 1 aliphatic rings. The molecule has 0 saturated heterocycles. The van der Waals surface area contributed by atoms with Crippen molar-refractivity contribution in [1.82, 2.24) is 5.32 Å². The number of carbonyl (C=O) groups excluding carboxylic acids is 1. The monoisotopic (exact) mass is 810 g/mol. The number of aliphatic hydroxyl groups excluding tert-OH is 7. The summed E-state index contributed by atoms with van der Waals surface area (Å²) in [6, 6.07) is -1.16. The van der Waals surface area contributed by atoms with Crippen molar-refractivity contribution in [3.05, 3.63) is 12.2 Å². The molecule has 1 rings (SSSR count). The molecule has 0 aliphatic heterocycles. The van der Waals surface area contributed by atoms with Gasteiger partial charge in [0.15, 0.2) is 0 Å². The van der Waals surface area contributed by atoms with Crippen LogP contribution in [0.5, 0.6) is 0 Å². The van der Waals surface area contributed by atoms with Crippen molar-refractivity contribution in [3.63, 3.8) is 0 Å². The van der Waals surface area contributed by atoms with Gasteiger partial charge in [0, 0.05) is 0 Å². The lowest BCUT2D eigenvalue weighted by Crippen LogP contribution is -2.64. The summed E-state index contributed by atoms with van der Waals surface area (Å²) in [5, 5.41) is 74.3. The van der Waals surface area contributed by atoms with E-state index in [1.807, 2.05) is 0 Å². The summed E-state index contributed by atoms with van der Waals surface area (Å²) in [5.41, 5.74) is 0. The van der Waals surface area contributed by atoms with E-state index in [2.05, 4.69) is 31.3 Å². The molecule has 1 saturated carbocycles. The normalized spacial score (nSPS) is 24.5. The molecule has 0 bridgehead atoms. The van der Waals surface area contributed by atoms with Gasteiger partial charge in [0.05, 0.1) is 31.3 Å². The lowest BCUT2D eigenvalue weighted by atomic mass is 9.85. The van der Waals surface area contributed by atoms with E-state index in [0.717, 1.165) is 44.9 Å².